The van der Waals surface area contributed by atoms with E-state index in [9.17, 15) is 0 Å². The Hall–Kier alpha value is -2.26. The van der Waals surface area contributed by atoms with Gasteiger partial charge in [-0.25, -0.2) is 5.43 Å². The average Bonchev–Trinajstić information content (AvgIpc) is 3.08. The van der Waals surface area contributed by atoms with Crippen LogP contribution in [0.4, 0.5) is 5.95 Å². The van der Waals surface area contributed by atoms with Crippen molar-refractivity contribution in [3.8, 4) is 0 Å². The number of nitrogens with zero attached hydrogens (tertiary/aromatic N) is 4. The molecule has 0 spiro atoms. The molecule has 24 heavy (non-hydrogen) atoms. The largest absolute Gasteiger partial charge is 0.447 e. The first-order chi connectivity index (χ1) is 11.6. The molecule has 0 radical (unpaired) electrons. The number of furan rings is 1. The third-order valence-corrected chi connectivity index (χ3v) is 5.19. The van der Waals surface area contributed by atoms with Crippen molar-refractivity contribution in [3.63, 3.8) is 0 Å². The topological polar surface area (TPSA) is 92.0 Å². The Kier molecular flexibility index (Phi) is 3.81. The van der Waals surface area contributed by atoms with Crippen LogP contribution in [0.15, 0.2) is 42.9 Å². The van der Waals surface area contributed by atoms with Gasteiger partial charge in [0, 0.05) is 11.5 Å². The molecular weight excluding hydrogens is 440 g/mol. The number of hydrogen-bond donors (Lipinski definition) is 2. The van der Waals surface area contributed by atoms with Gasteiger partial charge in [0.05, 0.1) is 16.2 Å². The quantitative estimate of drug-likeness (QED) is 0.357. The summed E-state index contributed by atoms with van der Waals surface area (Å²) in [7, 11) is 0. The van der Waals surface area contributed by atoms with E-state index in [-0.39, 0.29) is 0 Å². The van der Waals surface area contributed by atoms with Gasteiger partial charge in [0.1, 0.15) is 11.3 Å². The predicted octanol–water partition coefficient (Wildman–Crippen LogP) is 4.38. The molecule has 0 bridgehead atoms. The summed E-state index contributed by atoms with van der Waals surface area (Å²) < 4.78 is 6.82. The second-order valence-electron chi connectivity index (χ2n) is 5.10. The molecule has 0 atom stereocenters. The summed E-state index contributed by atoms with van der Waals surface area (Å²) in [5.41, 5.74) is 6.29. The van der Waals surface area contributed by atoms with Crippen LogP contribution in [-0.2, 0) is 0 Å². The fourth-order valence-electron chi connectivity index (χ4n) is 2.37. The number of fused-ring (bicyclic) bond motifs is 3. The summed E-state index contributed by atoms with van der Waals surface area (Å²) in [6.45, 7) is 2.04. The Labute approximate surface area is 152 Å². The Bertz CT molecular complexity index is 1060. The summed E-state index contributed by atoms with van der Waals surface area (Å²) in [5.74, 6) is 0.879. The van der Waals surface area contributed by atoms with Crippen LogP contribution in [0.2, 0.25) is 0 Å². The number of anilines is 1. The minimum absolute atomic E-state index is 0.299. The van der Waals surface area contributed by atoms with Crippen molar-refractivity contribution in [3.05, 3.63) is 44.7 Å². The molecule has 3 heterocycles. The average molecular weight is 450 g/mol. The maximum absolute atomic E-state index is 5.39. The Balaban J connectivity index is 1.63. The van der Waals surface area contributed by atoms with E-state index in [0.717, 1.165) is 26.5 Å². The molecule has 9 heteroatoms. The lowest BCUT2D eigenvalue weighted by Gasteiger charge is -1.96. The van der Waals surface area contributed by atoms with E-state index < -0.39 is 0 Å². The molecule has 0 amide bonds. The smallest absolute Gasteiger partial charge is 0.265 e. The summed E-state index contributed by atoms with van der Waals surface area (Å²) >= 11 is 6.61. The van der Waals surface area contributed by atoms with Gasteiger partial charge in [-0.05, 0) is 44.3 Å². The van der Waals surface area contributed by atoms with Crippen molar-refractivity contribution in [2.75, 3.05) is 5.43 Å². The number of nitrogens with one attached hydrogen (secondary N) is 2. The number of halogens is 2. The van der Waals surface area contributed by atoms with Crippen molar-refractivity contribution in [1.82, 2.24) is 20.2 Å². The van der Waals surface area contributed by atoms with Crippen molar-refractivity contribution in [2.45, 2.75) is 6.92 Å². The van der Waals surface area contributed by atoms with Crippen LogP contribution in [0.3, 0.4) is 0 Å². The molecule has 0 aliphatic rings. The number of para-hydroxylation sites is 1. The third kappa shape index (κ3) is 2.69. The highest BCUT2D eigenvalue weighted by Crippen LogP contribution is 2.26. The summed E-state index contributed by atoms with van der Waals surface area (Å²) in [6.07, 6.45) is 1.53. The molecule has 0 saturated carbocycles. The number of hydrazone groups is 1. The standard InChI is InChI=1S/C15H10Br2N6O/c1-7-3-2-4-9-11(7)19-14-12(9)21-23-15(20-14)22-18-6-8-5-10(16)13(17)24-8/h2-6H,1H3,(H2,19,20,22,23)/b18-6-. The molecule has 0 saturated heterocycles. The van der Waals surface area contributed by atoms with E-state index in [1.165, 1.54) is 6.21 Å². The first-order valence-corrected chi connectivity index (χ1v) is 8.56. The highest BCUT2D eigenvalue weighted by atomic mass is 79.9. The lowest BCUT2D eigenvalue weighted by molar-refractivity contribution is 0.533. The van der Waals surface area contributed by atoms with Gasteiger partial charge in [0.25, 0.3) is 5.95 Å². The van der Waals surface area contributed by atoms with Crippen molar-refractivity contribution in [2.24, 2.45) is 5.10 Å². The summed E-state index contributed by atoms with van der Waals surface area (Å²) in [5, 5.41) is 13.4. The fourth-order valence-corrected chi connectivity index (χ4v) is 2.98. The number of aromatic amines is 1. The van der Waals surface area contributed by atoms with Crippen molar-refractivity contribution in [1.29, 1.82) is 0 Å². The lowest BCUT2D eigenvalue weighted by atomic mass is 10.1. The zero-order valence-electron chi connectivity index (χ0n) is 12.3. The molecule has 120 valence electrons. The fraction of sp³-hybridized carbons (Fsp3) is 0.0667. The van der Waals surface area contributed by atoms with Gasteiger partial charge in [-0.2, -0.15) is 10.1 Å². The normalized spacial score (nSPS) is 11.8. The van der Waals surface area contributed by atoms with Crippen molar-refractivity contribution < 1.29 is 4.42 Å². The van der Waals surface area contributed by atoms with Crippen molar-refractivity contribution >= 4 is 66.1 Å². The molecule has 2 N–H and O–H groups in total. The molecule has 3 aromatic heterocycles. The molecular formula is C15H10Br2N6O. The van der Waals surface area contributed by atoms with Gasteiger partial charge >= 0.3 is 0 Å². The van der Waals surface area contributed by atoms with E-state index in [2.05, 4.69) is 62.6 Å². The second-order valence-corrected chi connectivity index (χ2v) is 6.67. The third-order valence-electron chi connectivity index (χ3n) is 3.48. The lowest BCUT2D eigenvalue weighted by Crippen LogP contribution is -1.98. The monoisotopic (exact) mass is 448 g/mol. The molecule has 0 aliphatic heterocycles. The van der Waals surface area contributed by atoms with Gasteiger partial charge < -0.3 is 9.40 Å². The number of benzene rings is 1. The molecule has 4 aromatic rings. The van der Waals surface area contributed by atoms with Gasteiger partial charge in [-0.3, -0.25) is 0 Å². The molecule has 0 aliphatic carbocycles. The maximum Gasteiger partial charge on any atom is 0.265 e. The number of aromatic nitrogens is 4. The van der Waals surface area contributed by atoms with Crippen LogP contribution in [0.25, 0.3) is 22.1 Å². The Morgan fingerprint density at radius 2 is 2.17 bits per heavy atom. The van der Waals surface area contributed by atoms with Gasteiger partial charge in [-0.1, -0.05) is 18.2 Å². The van der Waals surface area contributed by atoms with E-state index in [0.29, 0.717) is 22.0 Å². The highest BCUT2D eigenvalue weighted by Gasteiger charge is 2.10. The first kappa shape index (κ1) is 15.3. The van der Waals surface area contributed by atoms with E-state index >= 15 is 0 Å². The summed E-state index contributed by atoms with van der Waals surface area (Å²) in [4.78, 5) is 7.67. The molecule has 0 unspecified atom stereocenters. The van der Waals surface area contributed by atoms with Crippen LogP contribution >= 0.6 is 31.9 Å². The summed E-state index contributed by atoms with van der Waals surface area (Å²) in [6, 6.07) is 7.81. The second kappa shape index (κ2) is 5.99. The van der Waals surface area contributed by atoms with Crippen LogP contribution in [0.1, 0.15) is 11.3 Å². The van der Waals surface area contributed by atoms with Crippen LogP contribution in [0, 0.1) is 6.92 Å². The molecule has 7 nitrogen and oxygen atoms in total. The maximum atomic E-state index is 5.39. The van der Waals surface area contributed by atoms with Crippen LogP contribution in [0.5, 0.6) is 0 Å². The van der Waals surface area contributed by atoms with Gasteiger partial charge in [0.15, 0.2) is 10.3 Å². The highest BCUT2D eigenvalue weighted by molar-refractivity contribution is 9.13. The zero-order valence-corrected chi connectivity index (χ0v) is 15.5. The SMILES string of the molecule is Cc1cccc2c1[nH]c1nc(N/N=C\c3cc(Br)c(Br)o3)nnc12. The minimum Gasteiger partial charge on any atom is -0.447 e. The number of hydrogen-bond acceptors (Lipinski definition) is 6. The number of rotatable bonds is 3. The van der Waals surface area contributed by atoms with Gasteiger partial charge in [-0.15, -0.1) is 10.2 Å². The molecule has 4 rings (SSSR count). The van der Waals surface area contributed by atoms with E-state index in [1.807, 2.05) is 25.1 Å². The van der Waals surface area contributed by atoms with Gasteiger partial charge in [0.2, 0.25) is 0 Å². The number of aryl methyl sites for hydroxylation is 1. The Morgan fingerprint density at radius 3 is 2.96 bits per heavy atom. The zero-order chi connectivity index (χ0) is 16.7. The predicted molar refractivity (Wildman–Crippen MR) is 99.3 cm³/mol. The molecule has 1 aromatic carbocycles. The van der Waals surface area contributed by atoms with E-state index in [4.69, 9.17) is 4.42 Å². The number of H-pyrrole nitrogens is 1. The molecule has 0 fully saturated rings. The van der Waals surface area contributed by atoms with E-state index in [1.54, 1.807) is 6.07 Å². The first-order valence-electron chi connectivity index (χ1n) is 6.97. The minimum atomic E-state index is 0.299. The van der Waals surface area contributed by atoms with Crippen LogP contribution in [-0.4, -0.2) is 26.4 Å². The Morgan fingerprint density at radius 1 is 1.29 bits per heavy atom. The van der Waals surface area contributed by atoms with Crippen LogP contribution < -0.4 is 5.43 Å².